The molecular formula is C12H21N3O. The highest BCUT2D eigenvalue weighted by Crippen LogP contribution is 2.23. The third kappa shape index (κ3) is 2.62. The van der Waals surface area contributed by atoms with E-state index in [0.717, 1.165) is 32.7 Å². The molecular weight excluding hydrogens is 202 g/mol. The number of ether oxygens (including phenoxy) is 1. The number of hydrogen-bond donors (Lipinski definition) is 1. The summed E-state index contributed by atoms with van der Waals surface area (Å²) in [7, 11) is 0. The monoisotopic (exact) mass is 223 g/mol. The molecule has 1 unspecified atom stereocenters. The molecule has 4 heteroatoms. The highest BCUT2D eigenvalue weighted by molar-refractivity contribution is 5.00. The van der Waals surface area contributed by atoms with Gasteiger partial charge in [-0.25, -0.2) is 0 Å². The number of rotatable bonds is 5. The first kappa shape index (κ1) is 11.6. The topological polar surface area (TPSA) is 39.1 Å². The summed E-state index contributed by atoms with van der Waals surface area (Å²) < 4.78 is 7.75. The van der Waals surface area contributed by atoms with Crippen molar-refractivity contribution in [2.45, 2.75) is 45.4 Å². The van der Waals surface area contributed by atoms with Crippen molar-refractivity contribution in [3.8, 4) is 0 Å². The standard InChI is InChI=1S/C12H21N3O/c1-3-15-11(5-7-14-15)9-13-10-12(2)6-4-8-16-12/h5,7,13H,3-4,6,8-10H2,1-2H3. The molecule has 1 N–H and O–H groups in total. The van der Waals surface area contributed by atoms with E-state index in [4.69, 9.17) is 4.74 Å². The fourth-order valence-electron chi connectivity index (χ4n) is 2.23. The molecule has 1 aromatic rings. The van der Waals surface area contributed by atoms with Gasteiger partial charge in [-0.15, -0.1) is 0 Å². The van der Waals surface area contributed by atoms with Crippen molar-refractivity contribution in [1.82, 2.24) is 15.1 Å². The Morgan fingerprint density at radius 1 is 1.62 bits per heavy atom. The lowest BCUT2D eigenvalue weighted by Crippen LogP contribution is -2.37. The number of aryl methyl sites for hydroxylation is 1. The summed E-state index contributed by atoms with van der Waals surface area (Å²) >= 11 is 0. The summed E-state index contributed by atoms with van der Waals surface area (Å²) in [6.07, 6.45) is 4.20. The first-order valence-electron chi connectivity index (χ1n) is 6.09. The second-order valence-electron chi connectivity index (χ2n) is 4.64. The molecule has 0 amide bonds. The Balaban J connectivity index is 1.79. The lowest BCUT2D eigenvalue weighted by Gasteiger charge is -2.23. The maximum Gasteiger partial charge on any atom is 0.0779 e. The molecule has 0 spiro atoms. The molecule has 2 rings (SSSR count). The van der Waals surface area contributed by atoms with Gasteiger partial charge in [0.15, 0.2) is 0 Å². The van der Waals surface area contributed by atoms with Crippen LogP contribution in [0.25, 0.3) is 0 Å². The van der Waals surface area contributed by atoms with Crippen LogP contribution in [0.15, 0.2) is 12.3 Å². The fraction of sp³-hybridized carbons (Fsp3) is 0.750. The van der Waals surface area contributed by atoms with E-state index in [-0.39, 0.29) is 5.60 Å². The Hall–Kier alpha value is -0.870. The number of hydrogen-bond acceptors (Lipinski definition) is 3. The Bertz CT molecular complexity index is 329. The van der Waals surface area contributed by atoms with Crippen LogP contribution in [0.1, 0.15) is 32.4 Å². The molecule has 0 aliphatic carbocycles. The van der Waals surface area contributed by atoms with Gasteiger partial charge in [-0.2, -0.15) is 5.10 Å². The summed E-state index contributed by atoms with van der Waals surface area (Å²) in [5.74, 6) is 0. The summed E-state index contributed by atoms with van der Waals surface area (Å²) in [6, 6.07) is 2.06. The van der Waals surface area contributed by atoms with Crippen molar-refractivity contribution in [2.75, 3.05) is 13.2 Å². The Morgan fingerprint density at radius 3 is 3.19 bits per heavy atom. The number of nitrogens with one attached hydrogen (secondary N) is 1. The molecule has 1 aromatic heterocycles. The molecule has 4 nitrogen and oxygen atoms in total. The lowest BCUT2D eigenvalue weighted by atomic mass is 10.0. The summed E-state index contributed by atoms with van der Waals surface area (Å²) in [6.45, 7) is 7.92. The second-order valence-corrected chi connectivity index (χ2v) is 4.64. The SMILES string of the molecule is CCn1nccc1CNCC1(C)CCCO1. The number of nitrogens with zero attached hydrogens (tertiary/aromatic N) is 2. The van der Waals surface area contributed by atoms with E-state index >= 15 is 0 Å². The van der Waals surface area contributed by atoms with Gasteiger partial charge in [-0.3, -0.25) is 4.68 Å². The largest absolute Gasteiger partial charge is 0.374 e. The van der Waals surface area contributed by atoms with Crippen LogP contribution in [-0.4, -0.2) is 28.5 Å². The fourth-order valence-corrected chi connectivity index (χ4v) is 2.23. The first-order chi connectivity index (χ1) is 7.73. The summed E-state index contributed by atoms with van der Waals surface area (Å²) in [5.41, 5.74) is 1.28. The van der Waals surface area contributed by atoms with Crippen LogP contribution in [-0.2, 0) is 17.8 Å². The van der Waals surface area contributed by atoms with Crippen molar-refractivity contribution in [1.29, 1.82) is 0 Å². The zero-order valence-corrected chi connectivity index (χ0v) is 10.2. The maximum atomic E-state index is 5.73. The Kier molecular flexibility index (Phi) is 3.61. The Morgan fingerprint density at radius 2 is 2.50 bits per heavy atom. The van der Waals surface area contributed by atoms with Crippen LogP contribution < -0.4 is 5.32 Å². The molecule has 1 atom stereocenters. The zero-order valence-electron chi connectivity index (χ0n) is 10.2. The minimum atomic E-state index is 0.0388. The van der Waals surface area contributed by atoms with E-state index in [1.807, 2.05) is 10.9 Å². The van der Waals surface area contributed by atoms with Gasteiger partial charge in [0, 0.05) is 32.4 Å². The van der Waals surface area contributed by atoms with Crippen LogP contribution in [0.4, 0.5) is 0 Å². The normalized spacial score (nSPS) is 25.1. The molecule has 1 fully saturated rings. The molecule has 1 saturated heterocycles. The molecule has 1 aliphatic rings. The van der Waals surface area contributed by atoms with Crippen LogP contribution in [0.5, 0.6) is 0 Å². The van der Waals surface area contributed by atoms with Gasteiger partial charge in [0.05, 0.1) is 11.3 Å². The molecule has 2 heterocycles. The molecule has 0 bridgehead atoms. The predicted octanol–water partition coefficient (Wildman–Crippen LogP) is 1.56. The number of aromatic nitrogens is 2. The molecule has 0 radical (unpaired) electrons. The van der Waals surface area contributed by atoms with Crippen LogP contribution in [0.2, 0.25) is 0 Å². The average Bonchev–Trinajstić information content (AvgIpc) is 2.88. The van der Waals surface area contributed by atoms with E-state index in [1.54, 1.807) is 0 Å². The van der Waals surface area contributed by atoms with Crippen molar-refractivity contribution in [3.05, 3.63) is 18.0 Å². The molecule has 1 aliphatic heterocycles. The first-order valence-corrected chi connectivity index (χ1v) is 6.09. The summed E-state index contributed by atoms with van der Waals surface area (Å²) in [5, 5.41) is 7.71. The van der Waals surface area contributed by atoms with Crippen molar-refractivity contribution < 1.29 is 4.74 Å². The van der Waals surface area contributed by atoms with Crippen LogP contribution >= 0.6 is 0 Å². The van der Waals surface area contributed by atoms with Gasteiger partial charge >= 0.3 is 0 Å². The second kappa shape index (κ2) is 4.97. The molecule has 0 aromatic carbocycles. The van der Waals surface area contributed by atoms with Gasteiger partial charge < -0.3 is 10.1 Å². The van der Waals surface area contributed by atoms with Crippen LogP contribution in [0, 0.1) is 0 Å². The van der Waals surface area contributed by atoms with Gasteiger partial charge in [0.25, 0.3) is 0 Å². The van der Waals surface area contributed by atoms with Crippen LogP contribution in [0.3, 0.4) is 0 Å². The quantitative estimate of drug-likeness (QED) is 0.823. The van der Waals surface area contributed by atoms with Crippen molar-refractivity contribution in [3.63, 3.8) is 0 Å². The smallest absolute Gasteiger partial charge is 0.0779 e. The average molecular weight is 223 g/mol. The summed E-state index contributed by atoms with van der Waals surface area (Å²) in [4.78, 5) is 0. The molecule has 0 saturated carbocycles. The minimum Gasteiger partial charge on any atom is -0.374 e. The third-order valence-corrected chi connectivity index (χ3v) is 3.21. The van der Waals surface area contributed by atoms with Gasteiger partial charge in [0.1, 0.15) is 0 Å². The van der Waals surface area contributed by atoms with Crippen molar-refractivity contribution >= 4 is 0 Å². The molecule has 90 valence electrons. The van der Waals surface area contributed by atoms with Crippen molar-refractivity contribution in [2.24, 2.45) is 0 Å². The molecule has 16 heavy (non-hydrogen) atoms. The third-order valence-electron chi connectivity index (χ3n) is 3.21. The minimum absolute atomic E-state index is 0.0388. The zero-order chi connectivity index (χ0) is 11.4. The van der Waals surface area contributed by atoms with Gasteiger partial charge in [0.2, 0.25) is 0 Å². The van der Waals surface area contributed by atoms with E-state index < -0.39 is 0 Å². The Labute approximate surface area is 97.0 Å². The van der Waals surface area contributed by atoms with Gasteiger partial charge in [-0.05, 0) is 32.8 Å². The van der Waals surface area contributed by atoms with E-state index in [1.165, 1.54) is 12.1 Å². The lowest BCUT2D eigenvalue weighted by molar-refractivity contribution is 0.0205. The van der Waals surface area contributed by atoms with Gasteiger partial charge in [-0.1, -0.05) is 0 Å². The predicted molar refractivity (Wildman–Crippen MR) is 63.2 cm³/mol. The van der Waals surface area contributed by atoms with E-state index in [0.29, 0.717) is 0 Å². The highest BCUT2D eigenvalue weighted by atomic mass is 16.5. The van der Waals surface area contributed by atoms with E-state index in [9.17, 15) is 0 Å². The van der Waals surface area contributed by atoms with E-state index in [2.05, 4.69) is 30.3 Å². The highest BCUT2D eigenvalue weighted by Gasteiger charge is 2.28. The maximum absolute atomic E-state index is 5.73.